The van der Waals surface area contributed by atoms with Crippen molar-refractivity contribution in [3.8, 4) is 34.3 Å². The van der Waals surface area contributed by atoms with E-state index in [0.29, 0.717) is 33.2 Å². The molecule has 2 aromatic carbocycles. The van der Waals surface area contributed by atoms with Crippen molar-refractivity contribution in [2.45, 2.75) is 33.1 Å². The SMILES string of the molecule is COc1ccc(-c2c(C)c(-c3nnc(C(C)(C)C)o3)nn2-c2ccc(Cl)cc2Cl)cc1. The van der Waals surface area contributed by atoms with Crippen molar-refractivity contribution in [2.75, 3.05) is 7.11 Å². The second-order valence-corrected chi connectivity index (χ2v) is 9.06. The van der Waals surface area contributed by atoms with Crippen LogP contribution in [-0.4, -0.2) is 27.1 Å². The number of hydrogen-bond donors (Lipinski definition) is 0. The molecule has 0 aliphatic carbocycles. The fraction of sp³-hybridized carbons (Fsp3) is 0.261. The molecule has 0 spiro atoms. The summed E-state index contributed by atoms with van der Waals surface area (Å²) in [6.07, 6.45) is 0. The molecule has 0 N–H and O–H groups in total. The average Bonchev–Trinajstić information content (AvgIpc) is 3.33. The molecule has 2 aromatic heterocycles. The highest BCUT2D eigenvalue weighted by molar-refractivity contribution is 6.35. The Kier molecular flexibility index (Phi) is 5.54. The van der Waals surface area contributed by atoms with Crippen molar-refractivity contribution in [1.29, 1.82) is 0 Å². The van der Waals surface area contributed by atoms with Crippen LogP contribution in [0.3, 0.4) is 0 Å². The molecular formula is C23H22Cl2N4O2. The van der Waals surface area contributed by atoms with Crippen LogP contribution in [0.1, 0.15) is 32.2 Å². The normalized spacial score (nSPS) is 11.7. The van der Waals surface area contributed by atoms with Crippen LogP contribution in [-0.2, 0) is 5.41 Å². The van der Waals surface area contributed by atoms with E-state index in [1.54, 1.807) is 23.9 Å². The third-order valence-corrected chi connectivity index (χ3v) is 5.43. The molecule has 0 saturated heterocycles. The number of halogens is 2. The van der Waals surface area contributed by atoms with Gasteiger partial charge in [-0.05, 0) is 49.4 Å². The van der Waals surface area contributed by atoms with Crippen LogP contribution in [0.2, 0.25) is 10.0 Å². The monoisotopic (exact) mass is 456 g/mol. The Morgan fingerprint density at radius 3 is 2.29 bits per heavy atom. The quantitative estimate of drug-likeness (QED) is 0.350. The number of nitrogens with zero attached hydrogens (tertiary/aromatic N) is 4. The van der Waals surface area contributed by atoms with Crippen molar-refractivity contribution < 1.29 is 9.15 Å². The van der Waals surface area contributed by atoms with Gasteiger partial charge in [-0.2, -0.15) is 5.10 Å². The van der Waals surface area contributed by atoms with Gasteiger partial charge in [0, 0.05) is 21.6 Å². The maximum Gasteiger partial charge on any atom is 0.268 e. The minimum absolute atomic E-state index is 0.264. The summed E-state index contributed by atoms with van der Waals surface area (Å²) in [4.78, 5) is 0. The number of ether oxygens (including phenoxy) is 1. The van der Waals surface area contributed by atoms with Gasteiger partial charge in [0.25, 0.3) is 5.89 Å². The lowest BCUT2D eigenvalue weighted by molar-refractivity contribution is 0.398. The summed E-state index contributed by atoms with van der Waals surface area (Å²) in [6, 6.07) is 13.1. The summed E-state index contributed by atoms with van der Waals surface area (Å²) in [6.45, 7) is 8.03. The Morgan fingerprint density at radius 2 is 1.71 bits per heavy atom. The molecule has 0 bridgehead atoms. The van der Waals surface area contributed by atoms with Crippen LogP contribution in [0.5, 0.6) is 5.75 Å². The van der Waals surface area contributed by atoms with Gasteiger partial charge >= 0.3 is 0 Å². The minimum atomic E-state index is -0.264. The van der Waals surface area contributed by atoms with Gasteiger partial charge in [0.1, 0.15) is 5.75 Å². The third kappa shape index (κ3) is 4.05. The van der Waals surface area contributed by atoms with Gasteiger partial charge in [-0.15, -0.1) is 10.2 Å². The molecule has 6 nitrogen and oxygen atoms in total. The van der Waals surface area contributed by atoms with E-state index in [4.69, 9.17) is 37.5 Å². The average molecular weight is 457 g/mol. The fourth-order valence-electron chi connectivity index (χ4n) is 3.24. The summed E-state index contributed by atoms with van der Waals surface area (Å²) < 4.78 is 13.1. The number of rotatable bonds is 4. The van der Waals surface area contributed by atoms with Crippen LogP contribution in [0, 0.1) is 6.92 Å². The first kappa shape index (κ1) is 21.4. The Labute approximate surface area is 190 Å². The maximum atomic E-state index is 6.53. The molecule has 0 aliphatic heterocycles. The van der Waals surface area contributed by atoms with Gasteiger partial charge in [-0.3, -0.25) is 0 Å². The summed E-state index contributed by atoms with van der Waals surface area (Å²) in [5.74, 6) is 1.68. The van der Waals surface area contributed by atoms with Crippen molar-refractivity contribution in [1.82, 2.24) is 20.0 Å². The highest BCUT2D eigenvalue weighted by Crippen LogP contribution is 2.37. The van der Waals surface area contributed by atoms with E-state index in [2.05, 4.69) is 10.2 Å². The standard InChI is InChI=1S/C23H22Cl2N4O2/c1-13-19(21-26-27-22(31-21)23(2,3)4)28-29(18-11-8-15(24)12-17(18)25)20(13)14-6-9-16(30-5)10-7-14/h6-12H,1-5H3. The van der Waals surface area contributed by atoms with Gasteiger partial charge in [0.15, 0.2) is 5.69 Å². The van der Waals surface area contributed by atoms with Crippen molar-refractivity contribution in [3.63, 3.8) is 0 Å². The molecule has 31 heavy (non-hydrogen) atoms. The third-order valence-electron chi connectivity index (χ3n) is 4.89. The molecule has 8 heteroatoms. The Morgan fingerprint density at radius 1 is 1.00 bits per heavy atom. The van der Waals surface area contributed by atoms with Crippen LogP contribution in [0.4, 0.5) is 0 Å². The van der Waals surface area contributed by atoms with Crippen LogP contribution in [0.25, 0.3) is 28.5 Å². The lowest BCUT2D eigenvalue weighted by Gasteiger charge is -2.11. The zero-order chi connectivity index (χ0) is 22.3. The van der Waals surface area contributed by atoms with Gasteiger partial charge in [-0.1, -0.05) is 44.0 Å². The first-order valence-electron chi connectivity index (χ1n) is 9.73. The zero-order valence-electron chi connectivity index (χ0n) is 17.9. The lowest BCUT2D eigenvalue weighted by Crippen LogP contribution is -2.11. The molecular weight excluding hydrogens is 435 g/mol. The molecule has 2 heterocycles. The van der Waals surface area contributed by atoms with E-state index in [1.165, 1.54) is 0 Å². The Bertz CT molecular complexity index is 1240. The highest BCUT2D eigenvalue weighted by atomic mass is 35.5. The Balaban J connectivity index is 1.94. The predicted octanol–water partition coefficient (Wildman–Crippen LogP) is 6.51. The number of hydrogen-bond acceptors (Lipinski definition) is 5. The first-order chi connectivity index (χ1) is 14.7. The van der Waals surface area contributed by atoms with Crippen LogP contribution in [0.15, 0.2) is 46.9 Å². The first-order valence-corrected chi connectivity index (χ1v) is 10.5. The van der Waals surface area contributed by atoms with E-state index in [0.717, 1.165) is 22.6 Å². The molecule has 160 valence electrons. The summed E-state index contributed by atoms with van der Waals surface area (Å²) in [5.41, 5.74) is 3.72. The molecule has 0 atom stereocenters. The van der Waals surface area contributed by atoms with Gasteiger partial charge in [0.2, 0.25) is 5.89 Å². The van der Waals surface area contributed by atoms with E-state index in [-0.39, 0.29) is 5.41 Å². The Hall–Kier alpha value is -2.83. The van der Waals surface area contributed by atoms with Crippen molar-refractivity contribution in [2.24, 2.45) is 0 Å². The molecule has 0 amide bonds. The molecule has 0 unspecified atom stereocenters. The zero-order valence-corrected chi connectivity index (χ0v) is 19.4. The van der Waals surface area contributed by atoms with Gasteiger partial charge in [-0.25, -0.2) is 4.68 Å². The molecule has 0 fully saturated rings. The highest BCUT2D eigenvalue weighted by Gasteiger charge is 2.26. The smallest absolute Gasteiger partial charge is 0.268 e. The van der Waals surface area contributed by atoms with Crippen LogP contribution >= 0.6 is 23.2 Å². The predicted molar refractivity (Wildman–Crippen MR) is 122 cm³/mol. The topological polar surface area (TPSA) is 66.0 Å². The second-order valence-electron chi connectivity index (χ2n) is 8.22. The number of methoxy groups -OCH3 is 1. The summed E-state index contributed by atoms with van der Waals surface area (Å²) in [5, 5.41) is 14.3. The summed E-state index contributed by atoms with van der Waals surface area (Å²) in [7, 11) is 1.64. The van der Waals surface area contributed by atoms with Gasteiger partial charge < -0.3 is 9.15 Å². The van der Waals surface area contributed by atoms with Gasteiger partial charge in [0.05, 0.1) is 23.5 Å². The second kappa shape index (κ2) is 8.02. The fourth-order valence-corrected chi connectivity index (χ4v) is 3.72. The van der Waals surface area contributed by atoms with E-state index < -0.39 is 0 Å². The maximum absolute atomic E-state index is 6.53. The largest absolute Gasteiger partial charge is 0.497 e. The molecule has 0 saturated carbocycles. The van der Waals surface area contributed by atoms with E-state index in [1.807, 2.05) is 58.0 Å². The molecule has 0 radical (unpaired) electrons. The number of aromatic nitrogens is 4. The molecule has 4 aromatic rings. The summed E-state index contributed by atoms with van der Waals surface area (Å²) >= 11 is 12.6. The van der Waals surface area contributed by atoms with Crippen LogP contribution < -0.4 is 4.74 Å². The minimum Gasteiger partial charge on any atom is -0.497 e. The van der Waals surface area contributed by atoms with E-state index in [9.17, 15) is 0 Å². The van der Waals surface area contributed by atoms with Crippen molar-refractivity contribution in [3.05, 3.63) is 64.0 Å². The van der Waals surface area contributed by atoms with Crippen molar-refractivity contribution >= 4 is 23.2 Å². The lowest BCUT2D eigenvalue weighted by atomic mass is 9.97. The van der Waals surface area contributed by atoms with E-state index >= 15 is 0 Å². The molecule has 0 aliphatic rings. The molecule has 4 rings (SSSR count). The number of benzene rings is 2.